The monoisotopic (exact) mass is 270 g/mol. The predicted molar refractivity (Wildman–Crippen MR) is 76.1 cm³/mol. The molecule has 3 heterocycles. The van der Waals surface area contributed by atoms with Gasteiger partial charge >= 0.3 is 0 Å². The van der Waals surface area contributed by atoms with Crippen molar-refractivity contribution in [2.75, 3.05) is 18.0 Å². The largest absolute Gasteiger partial charge is 0.341 e. The Morgan fingerprint density at radius 2 is 2.05 bits per heavy atom. The van der Waals surface area contributed by atoms with E-state index < -0.39 is 0 Å². The normalized spacial score (nSPS) is 15.2. The van der Waals surface area contributed by atoms with Gasteiger partial charge in [-0.2, -0.15) is 5.26 Å². The number of rotatable bonds is 2. The summed E-state index contributed by atoms with van der Waals surface area (Å²) in [6, 6.07) is 7.92. The minimum absolute atomic E-state index is 0.443. The topological polar surface area (TPSA) is 52.8 Å². The maximum absolute atomic E-state index is 9.13. The van der Waals surface area contributed by atoms with E-state index in [4.69, 9.17) is 5.26 Å². The van der Waals surface area contributed by atoms with Gasteiger partial charge in [0, 0.05) is 19.2 Å². The number of aromatic nitrogens is 2. The molecule has 0 amide bonds. The van der Waals surface area contributed by atoms with Gasteiger partial charge in [0.05, 0.1) is 10.6 Å². The molecule has 5 heteroatoms. The lowest BCUT2D eigenvalue weighted by Crippen LogP contribution is -2.31. The number of nitrogens with zero attached hydrogens (tertiary/aromatic N) is 4. The molecule has 0 unspecified atom stereocenters. The van der Waals surface area contributed by atoms with E-state index in [1.165, 1.54) is 19.3 Å². The van der Waals surface area contributed by atoms with Gasteiger partial charge < -0.3 is 4.90 Å². The van der Waals surface area contributed by atoms with Gasteiger partial charge in [0.25, 0.3) is 0 Å². The summed E-state index contributed by atoms with van der Waals surface area (Å²) in [4.78, 5) is 12.2. The molecule has 96 valence electrons. The summed E-state index contributed by atoms with van der Waals surface area (Å²) >= 11 is 1.63. The van der Waals surface area contributed by atoms with Crippen molar-refractivity contribution >= 4 is 17.3 Å². The van der Waals surface area contributed by atoms with Gasteiger partial charge in [-0.1, -0.05) is 6.07 Å². The number of hydrogen-bond donors (Lipinski definition) is 0. The molecule has 0 saturated carbocycles. The predicted octanol–water partition coefficient (Wildman–Crippen LogP) is 3.07. The second-order valence-corrected chi connectivity index (χ2v) is 5.52. The second kappa shape index (κ2) is 5.37. The maximum Gasteiger partial charge on any atom is 0.227 e. The van der Waals surface area contributed by atoms with Gasteiger partial charge in [-0.3, -0.25) is 0 Å². The van der Waals surface area contributed by atoms with Crippen molar-refractivity contribution in [2.45, 2.75) is 19.3 Å². The van der Waals surface area contributed by atoms with E-state index in [2.05, 4.69) is 20.9 Å². The number of anilines is 1. The van der Waals surface area contributed by atoms with Gasteiger partial charge in [-0.05, 0) is 30.7 Å². The fourth-order valence-corrected chi connectivity index (χ4v) is 2.96. The lowest BCUT2D eigenvalue weighted by atomic mass is 10.1. The molecule has 19 heavy (non-hydrogen) atoms. The van der Waals surface area contributed by atoms with Crippen molar-refractivity contribution in [3.05, 3.63) is 29.3 Å². The highest BCUT2D eigenvalue weighted by molar-refractivity contribution is 7.13. The van der Waals surface area contributed by atoms with Crippen LogP contribution in [0.4, 0.5) is 5.95 Å². The molecule has 1 aliphatic rings. The van der Waals surface area contributed by atoms with E-state index in [0.29, 0.717) is 11.6 Å². The van der Waals surface area contributed by atoms with Crippen LogP contribution >= 0.6 is 11.3 Å². The van der Waals surface area contributed by atoms with Crippen molar-refractivity contribution in [2.24, 2.45) is 0 Å². The van der Waals surface area contributed by atoms with Crippen LogP contribution in [0, 0.1) is 11.3 Å². The average molecular weight is 270 g/mol. The molecule has 3 rings (SSSR count). The number of thiophene rings is 1. The summed E-state index contributed by atoms with van der Waals surface area (Å²) in [5, 5.41) is 11.1. The van der Waals surface area contributed by atoms with Crippen LogP contribution in [0.15, 0.2) is 23.6 Å². The fraction of sp³-hybridized carbons (Fsp3) is 0.357. The molecule has 1 saturated heterocycles. The molecule has 0 N–H and O–H groups in total. The second-order valence-electron chi connectivity index (χ2n) is 4.58. The van der Waals surface area contributed by atoms with Crippen LogP contribution in [0.3, 0.4) is 0 Å². The Hall–Kier alpha value is -1.93. The molecule has 1 fully saturated rings. The fourth-order valence-electron chi connectivity index (χ4n) is 2.28. The minimum Gasteiger partial charge on any atom is -0.341 e. The van der Waals surface area contributed by atoms with E-state index in [-0.39, 0.29) is 0 Å². The zero-order valence-electron chi connectivity index (χ0n) is 10.5. The molecule has 4 nitrogen and oxygen atoms in total. The number of nitriles is 1. The Labute approximate surface area is 116 Å². The van der Waals surface area contributed by atoms with Crippen LogP contribution in [-0.4, -0.2) is 23.1 Å². The Morgan fingerprint density at radius 1 is 1.21 bits per heavy atom. The highest BCUT2D eigenvalue weighted by Gasteiger charge is 2.16. The molecule has 0 spiro atoms. The van der Waals surface area contributed by atoms with Crippen molar-refractivity contribution < 1.29 is 0 Å². The van der Waals surface area contributed by atoms with Crippen molar-refractivity contribution in [1.82, 2.24) is 9.97 Å². The smallest absolute Gasteiger partial charge is 0.227 e. The third-order valence-corrected chi connectivity index (χ3v) is 4.13. The van der Waals surface area contributed by atoms with E-state index in [1.807, 2.05) is 17.5 Å². The maximum atomic E-state index is 9.13. The summed E-state index contributed by atoms with van der Waals surface area (Å²) in [5.41, 5.74) is 1.29. The van der Waals surface area contributed by atoms with Crippen LogP contribution in [-0.2, 0) is 0 Å². The van der Waals surface area contributed by atoms with Crippen LogP contribution in [0.25, 0.3) is 10.6 Å². The van der Waals surface area contributed by atoms with Crippen molar-refractivity contribution in [3.8, 4) is 16.6 Å². The van der Waals surface area contributed by atoms with Gasteiger partial charge in [0.2, 0.25) is 5.95 Å². The first kappa shape index (κ1) is 12.1. The van der Waals surface area contributed by atoms with Crippen molar-refractivity contribution in [1.29, 1.82) is 5.26 Å². The van der Waals surface area contributed by atoms with Crippen molar-refractivity contribution in [3.63, 3.8) is 0 Å². The van der Waals surface area contributed by atoms with Gasteiger partial charge in [0.15, 0.2) is 0 Å². The molecular weight excluding hydrogens is 256 g/mol. The SMILES string of the molecule is N#Cc1cc(-c2cccs2)nc(N2CCCCC2)n1. The summed E-state index contributed by atoms with van der Waals surface area (Å²) in [5.74, 6) is 0.696. The van der Waals surface area contributed by atoms with Crippen LogP contribution < -0.4 is 4.90 Å². The van der Waals surface area contributed by atoms with Crippen LogP contribution in [0.1, 0.15) is 25.0 Å². The summed E-state index contributed by atoms with van der Waals surface area (Å²) < 4.78 is 0. The number of piperidine rings is 1. The molecule has 1 aliphatic heterocycles. The molecular formula is C14H14N4S. The molecule has 0 bridgehead atoms. The van der Waals surface area contributed by atoms with Crippen LogP contribution in [0.2, 0.25) is 0 Å². The minimum atomic E-state index is 0.443. The summed E-state index contributed by atoms with van der Waals surface area (Å²) in [6.45, 7) is 1.97. The zero-order valence-corrected chi connectivity index (χ0v) is 11.4. The molecule has 0 radical (unpaired) electrons. The van der Waals surface area contributed by atoms with E-state index in [9.17, 15) is 0 Å². The molecule has 0 aliphatic carbocycles. The van der Waals surface area contributed by atoms with Gasteiger partial charge in [-0.25, -0.2) is 9.97 Å². The Kier molecular flexibility index (Phi) is 3.43. The summed E-state index contributed by atoms with van der Waals surface area (Å²) in [6.07, 6.45) is 3.62. The Balaban J connectivity index is 2.00. The average Bonchev–Trinajstić information content (AvgIpc) is 3.02. The third-order valence-electron chi connectivity index (χ3n) is 3.24. The first-order valence-corrected chi connectivity index (χ1v) is 7.33. The lowest BCUT2D eigenvalue weighted by molar-refractivity contribution is 0.568. The highest BCUT2D eigenvalue weighted by Crippen LogP contribution is 2.25. The Bertz CT molecular complexity index is 594. The quantitative estimate of drug-likeness (QED) is 0.841. The van der Waals surface area contributed by atoms with E-state index in [0.717, 1.165) is 23.7 Å². The number of hydrogen-bond acceptors (Lipinski definition) is 5. The van der Waals surface area contributed by atoms with Crippen LogP contribution in [0.5, 0.6) is 0 Å². The third kappa shape index (κ3) is 2.59. The highest BCUT2D eigenvalue weighted by atomic mass is 32.1. The lowest BCUT2D eigenvalue weighted by Gasteiger charge is -2.26. The first-order chi connectivity index (χ1) is 9.36. The van der Waals surface area contributed by atoms with Gasteiger partial charge in [0.1, 0.15) is 11.8 Å². The Morgan fingerprint density at radius 3 is 2.74 bits per heavy atom. The molecule has 0 atom stereocenters. The van der Waals surface area contributed by atoms with E-state index >= 15 is 0 Å². The molecule has 2 aromatic rings. The first-order valence-electron chi connectivity index (χ1n) is 6.45. The van der Waals surface area contributed by atoms with E-state index in [1.54, 1.807) is 17.4 Å². The van der Waals surface area contributed by atoms with Gasteiger partial charge in [-0.15, -0.1) is 11.3 Å². The molecule has 2 aromatic heterocycles. The molecule has 0 aromatic carbocycles. The standard InChI is InChI=1S/C14H14N4S/c15-10-11-9-12(13-5-4-8-19-13)17-14(16-11)18-6-2-1-3-7-18/h4-5,8-9H,1-3,6-7H2. The zero-order chi connectivity index (χ0) is 13.1. The summed E-state index contributed by atoms with van der Waals surface area (Å²) in [7, 11) is 0.